The molecule has 2 fully saturated rings. The first kappa shape index (κ1) is 24.8. The number of amides is 2. The Morgan fingerprint density at radius 2 is 1.68 bits per heavy atom. The lowest BCUT2D eigenvalue weighted by Crippen LogP contribution is -2.48. The van der Waals surface area contributed by atoms with Crippen LogP contribution in [-0.2, 0) is 19.9 Å². The van der Waals surface area contributed by atoms with Crippen LogP contribution in [-0.4, -0.2) is 56.1 Å². The second-order valence-electron chi connectivity index (χ2n) is 9.75. The highest BCUT2D eigenvalue weighted by Gasteiger charge is 2.50. The largest absolute Gasteiger partial charge is 0.497 e. The van der Waals surface area contributed by atoms with Crippen molar-refractivity contribution in [3.05, 3.63) is 84.4 Å². The summed E-state index contributed by atoms with van der Waals surface area (Å²) in [6.07, 6.45) is 2.37. The summed E-state index contributed by atoms with van der Waals surface area (Å²) in [5.41, 5.74) is 3.20. The van der Waals surface area contributed by atoms with E-state index in [1.54, 1.807) is 19.1 Å². The molecule has 5 rings (SSSR count). The molecule has 192 valence electrons. The van der Waals surface area contributed by atoms with Crippen LogP contribution in [0.1, 0.15) is 24.8 Å². The molecule has 7 nitrogen and oxygen atoms in total. The summed E-state index contributed by atoms with van der Waals surface area (Å²) in [6.45, 7) is 0.364. The maximum atomic E-state index is 13.5. The molecule has 1 heterocycles. The summed E-state index contributed by atoms with van der Waals surface area (Å²) in [5.74, 6) is 0.438. The smallest absolute Gasteiger partial charge is 0.243 e. The van der Waals surface area contributed by atoms with Crippen molar-refractivity contribution in [3.8, 4) is 16.9 Å². The van der Waals surface area contributed by atoms with Gasteiger partial charge < -0.3 is 25.0 Å². The number of nitrogens with zero attached hydrogens (tertiary/aromatic N) is 1. The van der Waals surface area contributed by atoms with Gasteiger partial charge in [-0.05, 0) is 41.7 Å². The highest BCUT2D eigenvalue weighted by molar-refractivity contribution is 5.90. The number of hydrogen-bond donors (Lipinski definition) is 2. The normalized spacial score (nSPS) is 20.9. The van der Waals surface area contributed by atoms with E-state index >= 15 is 0 Å². The van der Waals surface area contributed by atoms with E-state index in [1.165, 1.54) is 0 Å². The Bertz CT molecular complexity index is 1240. The molecule has 1 saturated heterocycles. The number of methoxy groups -OCH3 is 2. The van der Waals surface area contributed by atoms with Crippen LogP contribution in [0.3, 0.4) is 0 Å². The Hall–Kier alpha value is -3.84. The predicted molar refractivity (Wildman–Crippen MR) is 143 cm³/mol. The van der Waals surface area contributed by atoms with Gasteiger partial charge in [0.05, 0.1) is 20.2 Å². The van der Waals surface area contributed by atoms with Gasteiger partial charge in [0.2, 0.25) is 11.8 Å². The molecule has 3 aromatic carbocycles. The summed E-state index contributed by atoms with van der Waals surface area (Å²) in [6, 6.07) is 25.4. The van der Waals surface area contributed by atoms with Gasteiger partial charge in [-0.15, -0.1) is 0 Å². The van der Waals surface area contributed by atoms with Crippen LogP contribution in [0.15, 0.2) is 78.9 Å². The van der Waals surface area contributed by atoms with Gasteiger partial charge in [0.15, 0.2) is 0 Å². The number of likely N-dealkylation sites (tertiary alicyclic amines) is 1. The minimum Gasteiger partial charge on any atom is -0.497 e. The van der Waals surface area contributed by atoms with Crippen LogP contribution in [0.5, 0.6) is 5.75 Å². The Balaban J connectivity index is 1.37. The van der Waals surface area contributed by atoms with Crippen molar-refractivity contribution in [2.24, 2.45) is 0 Å². The molecule has 2 N–H and O–H groups in total. The number of carbonyl (C=O) groups excluding carboxylic acids is 2. The molecule has 0 bridgehead atoms. The molecular weight excluding hydrogens is 466 g/mol. The average molecular weight is 500 g/mol. The zero-order valence-corrected chi connectivity index (χ0v) is 21.3. The van der Waals surface area contributed by atoms with Crippen molar-refractivity contribution < 1.29 is 19.1 Å². The van der Waals surface area contributed by atoms with E-state index in [4.69, 9.17) is 9.47 Å². The molecule has 2 atom stereocenters. The lowest BCUT2D eigenvalue weighted by atomic mass is 9.89. The van der Waals surface area contributed by atoms with E-state index in [9.17, 15) is 9.59 Å². The minimum atomic E-state index is -0.771. The highest BCUT2D eigenvalue weighted by atomic mass is 16.5. The fourth-order valence-electron chi connectivity index (χ4n) is 4.98. The van der Waals surface area contributed by atoms with Gasteiger partial charge >= 0.3 is 0 Å². The number of benzene rings is 3. The fourth-order valence-corrected chi connectivity index (χ4v) is 4.98. The molecule has 1 aliphatic heterocycles. The van der Waals surface area contributed by atoms with Crippen molar-refractivity contribution in [2.45, 2.75) is 36.9 Å². The Morgan fingerprint density at radius 1 is 0.946 bits per heavy atom. The van der Waals surface area contributed by atoms with Crippen LogP contribution in [0.25, 0.3) is 11.1 Å². The maximum Gasteiger partial charge on any atom is 0.243 e. The third-order valence-electron chi connectivity index (χ3n) is 7.29. The third kappa shape index (κ3) is 5.47. The number of hydrogen-bond acceptors (Lipinski definition) is 5. The molecule has 2 aliphatic rings. The molecule has 37 heavy (non-hydrogen) atoms. The summed E-state index contributed by atoms with van der Waals surface area (Å²) in [7, 11) is 3.26. The molecular formula is C30H33N3O4. The Labute approximate surface area is 217 Å². The molecule has 0 spiro atoms. The number of carbonyl (C=O) groups is 2. The molecule has 0 aromatic heterocycles. The van der Waals surface area contributed by atoms with Crippen LogP contribution in [0.4, 0.5) is 5.69 Å². The molecule has 2 amide bonds. The van der Waals surface area contributed by atoms with Crippen molar-refractivity contribution >= 4 is 17.5 Å². The van der Waals surface area contributed by atoms with Gasteiger partial charge in [0, 0.05) is 31.3 Å². The van der Waals surface area contributed by atoms with E-state index in [2.05, 4.69) is 34.9 Å². The van der Waals surface area contributed by atoms with Crippen LogP contribution >= 0.6 is 0 Å². The first-order valence-electron chi connectivity index (χ1n) is 12.7. The third-order valence-corrected chi connectivity index (χ3v) is 7.29. The number of nitrogens with one attached hydrogen (secondary N) is 2. The van der Waals surface area contributed by atoms with E-state index in [0.29, 0.717) is 18.7 Å². The molecule has 0 unspecified atom stereocenters. The summed E-state index contributed by atoms with van der Waals surface area (Å²) >= 11 is 0. The van der Waals surface area contributed by atoms with Gasteiger partial charge in [-0.25, -0.2) is 0 Å². The van der Waals surface area contributed by atoms with E-state index in [0.717, 1.165) is 35.2 Å². The Morgan fingerprint density at radius 3 is 2.35 bits per heavy atom. The van der Waals surface area contributed by atoms with Crippen molar-refractivity contribution in [1.29, 1.82) is 0 Å². The van der Waals surface area contributed by atoms with Crippen LogP contribution in [0.2, 0.25) is 0 Å². The molecule has 3 aromatic rings. The number of rotatable bonds is 9. The van der Waals surface area contributed by atoms with Crippen LogP contribution < -0.4 is 15.4 Å². The maximum absolute atomic E-state index is 13.5. The number of anilines is 1. The zero-order chi connectivity index (χ0) is 25.8. The van der Waals surface area contributed by atoms with Crippen molar-refractivity contribution in [2.75, 3.05) is 32.6 Å². The summed E-state index contributed by atoms with van der Waals surface area (Å²) < 4.78 is 11.4. The summed E-state index contributed by atoms with van der Waals surface area (Å²) in [5, 5.41) is 6.26. The SMILES string of the molecule is COc1cccc(NCC(=O)N2C[C@](OC)(c3ccc(-c4ccccc4)cc3)C[C@H]2C(=O)NC2CC2)c1. The molecule has 1 aliphatic carbocycles. The fraction of sp³-hybridized carbons (Fsp3) is 0.333. The minimum absolute atomic E-state index is 0.0626. The van der Waals surface area contributed by atoms with E-state index in [1.807, 2.05) is 54.6 Å². The predicted octanol–water partition coefficient (Wildman–Crippen LogP) is 4.20. The quantitative estimate of drug-likeness (QED) is 0.462. The highest BCUT2D eigenvalue weighted by Crippen LogP contribution is 2.40. The average Bonchev–Trinajstić information content (AvgIpc) is 3.68. The second kappa shape index (κ2) is 10.6. The summed E-state index contributed by atoms with van der Waals surface area (Å²) in [4.78, 5) is 28.4. The molecule has 1 saturated carbocycles. The van der Waals surface area contributed by atoms with E-state index < -0.39 is 11.6 Å². The Kier molecular flexibility index (Phi) is 7.15. The molecule has 0 radical (unpaired) electrons. The van der Waals surface area contributed by atoms with Crippen molar-refractivity contribution in [3.63, 3.8) is 0 Å². The zero-order valence-electron chi connectivity index (χ0n) is 21.3. The second-order valence-corrected chi connectivity index (χ2v) is 9.75. The van der Waals surface area contributed by atoms with Gasteiger partial charge in [-0.1, -0.05) is 60.7 Å². The first-order valence-corrected chi connectivity index (χ1v) is 12.7. The van der Waals surface area contributed by atoms with Crippen molar-refractivity contribution in [1.82, 2.24) is 10.2 Å². The lowest BCUT2D eigenvalue weighted by molar-refractivity contribution is -0.137. The monoisotopic (exact) mass is 499 g/mol. The standard InChI is InChI=1S/C30H33N3O4/c1-36-26-10-6-9-25(17-26)31-19-28(34)33-20-30(37-2,18-27(33)29(35)32-24-15-16-24)23-13-11-22(12-14-23)21-7-4-3-5-8-21/h3-14,17,24,27,31H,15-16,18-20H2,1-2H3,(H,32,35)/t27-,30-/m0/s1. The topological polar surface area (TPSA) is 79.9 Å². The first-order chi connectivity index (χ1) is 18.0. The molecule has 7 heteroatoms. The van der Waals surface area contributed by atoms with Gasteiger partial charge in [0.25, 0.3) is 0 Å². The van der Waals surface area contributed by atoms with E-state index in [-0.39, 0.29) is 24.4 Å². The van der Waals surface area contributed by atoms with Gasteiger partial charge in [0.1, 0.15) is 17.4 Å². The van der Waals surface area contributed by atoms with Gasteiger partial charge in [-0.3, -0.25) is 9.59 Å². The lowest BCUT2D eigenvalue weighted by Gasteiger charge is -2.28. The van der Waals surface area contributed by atoms with Crippen LogP contribution in [0, 0.1) is 0 Å². The number of ether oxygens (including phenoxy) is 2. The van der Waals surface area contributed by atoms with Gasteiger partial charge in [-0.2, -0.15) is 0 Å².